The Labute approximate surface area is 148 Å². The number of carbonyl (C=O) groups is 1. The Morgan fingerprint density at radius 1 is 1.42 bits per heavy atom. The summed E-state index contributed by atoms with van der Waals surface area (Å²) in [7, 11) is 0. The lowest BCUT2D eigenvalue weighted by Gasteiger charge is -2.27. The second kappa shape index (κ2) is 6.85. The van der Waals surface area contributed by atoms with Crippen LogP contribution in [0.4, 0.5) is 10.2 Å². The number of nitrogen functional groups attached to an aromatic ring is 1. The van der Waals surface area contributed by atoms with E-state index in [2.05, 4.69) is 4.98 Å². The molecular weight excluding hydrogens is 345 g/mol. The minimum Gasteiger partial charge on any atom is -0.452 e. The van der Waals surface area contributed by atoms with Crippen LogP contribution >= 0.6 is 0 Å². The number of halogens is 1. The molecule has 1 unspecified atom stereocenters. The fourth-order valence-electron chi connectivity index (χ4n) is 2.90. The van der Waals surface area contributed by atoms with Gasteiger partial charge in [-0.25, -0.2) is 14.0 Å². The van der Waals surface area contributed by atoms with Gasteiger partial charge in [-0.05, 0) is 25.1 Å². The Morgan fingerprint density at radius 3 is 2.73 bits per heavy atom. The van der Waals surface area contributed by atoms with Gasteiger partial charge in [0.05, 0.1) is 12.2 Å². The normalized spacial score (nSPS) is 28.0. The molecule has 0 aliphatic carbocycles. The monoisotopic (exact) mass is 363 g/mol. The van der Waals surface area contributed by atoms with Gasteiger partial charge in [0.1, 0.15) is 11.9 Å². The van der Waals surface area contributed by atoms with Crippen molar-refractivity contribution in [2.24, 2.45) is 0 Å². The van der Waals surface area contributed by atoms with E-state index in [-0.39, 0.29) is 11.4 Å². The van der Waals surface area contributed by atoms with Crippen LogP contribution in [0, 0.1) is 0 Å². The van der Waals surface area contributed by atoms with Crippen molar-refractivity contribution in [2.75, 3.05) is 12.3 Å². The number of alkyl halides is 1. The first-order valence-electron chi connectivity index (χ1n) is 7.90. The third-order valence-electron chi connectivity index (χ3n) is 4.21. The number of aliphatic hydroxyl groups excluding tert-OH is 1. The summed E-state index contributed by atoms with van der Waals surface area (Å²) >= 11 is 0. The minimum atomic E-state index is -2.29. The lowest BCUT2D eigenvalue weighted by molar-refractivity contribution is -0.0611. The zero-order valence-electron chi connectivity index (χ0n) is 13.9. The molecule has 1 aliphatic rings. The zero-order valence-corrected chi connectivity index (χ0v) is 13.9. The van der Waals surface area contributed by atoms with Crippen LogP contribution in [0.25, 0.3) is 0 Å². The van der Waals surface area contributed by atoms with Gasteiger partial charge >= 0.3 is 11.7 Å². The highest BCUT2D eigenvalue weighted by atomic mass is 19.1. The largest absolute Gasteiger partial charge is 0.452 e. The number of rotatable bonds is 4. The molecule has 8 nitrogen and oxygen atoms in total. The highest BCUT2D eigenvalue weighted by Crippen LogP contribution is 2.42. The number of aliphatic hydroxyl groups is 1. The Morgan fingerprint density at radius 2 is 2.12 bits per heavy atom. The third kappa shape index (κ3) is 3.18. The summed E-state index contributed by atoms with van der Waals surface area (Å²) in [6.45, 7) is 0.541. The van der Waals surface area contributed by atoms with E-state index in [0.29, 0.717) is 0 Å². The van der Waals surface area contributed by atoms with Gasteiger partial charge in [-0.3, -0.25) is 4.57 Å². The third-order valence-corrected chi connectivity index (χ3v) is 4.21. The number of anilines is 1. The zero-order chi connectivity index (χ0) is 18.9. The number of benzene rings is 1. The van der Waals surface area contributed by atoms with Gasteiger partial charge in [0.15, 0.2) is 18.0 Å². The number of hydrogen-bond donors (Lipinski definition) is 2. The van der Waals surface area contributed by atoms with Crippen LogP contribution in [0.15, 0.2) is 47.4 Å². The van der Waals surface area contributed by atoms with Gasteiger partial charge in [-0.15, -0.1) is 0 Å². The number of hydrogen-bond acceptors (Lipinski definition) is 7. The van der Waals surface area contributed by atoms with Gasteiger partial charge < -0.3 is 20.3 Å². The molecule has 2 heterocycles. The van der Waals surface area contributed by atoms with E-state index in [1.165, 1.54) is 24.4 Å². The van der Waals surface area contributed by atoms with Crippen molar-refractivity contribution in [3.63, 3.8) is 0 Å². The lowest BCUT2D eigenvalue weighted by atomic mass is 9.98. The SMILES string of the molecule is CC1(F)[C@H](OC(=O)c2ccccc2)[C@@H](CO)O[C@H]1n1ccc(N)nc1=O. The van der Waals surface area contributed by atoms with Crippen molar-refractivity contribution in [1.29, 1.82) is 0 Å². The van der Waals surface area contributed by atoms with E-state index in [4.69, 9.17) is 15.2 Å². The fourth-order valence-corrected chi connectivity index (χ4v) is 2.90. The fraction of sp³-hybridized carbons (Fsp3) is 0.353. The number of nitrogens with two attached hydrogens (primary N) is 1. The van der Waals surface area contributed by atoms with Crippen LogP contribution in [-0.2, 0) is 9.47 Å². The van der Waals surface area contributed by atoms with Crippen molar-refractivity contribution in [3.8, 4) is 0 Å². The summed E-state index contributed by atoms with van der Waals surface area (Å²) in [6, 6.07) is 9.37. The summed E-state index contributed by atoms with van der Waals surface area (Å²) in [5, 5.41) is 9.52. The van der Waals surface area contributed by atoms with Gasteiger partial charge in [-0.1, -0.05) is 18.2 Å². The minimum absolute atomic E-state index is 0.0180. The van der Waals surface area contributed by atoms with Crippen molar-refractivity contribution in [3.05, 3.63) is 58.6 Å². The van der Waals surface area contributed by atoms with E-state index < -0.39 is 42.4 Å². The number of aromatic nitrogens is 2. The lowest BCUT2D eigenvalue weighted by Crippen LogP contribution is -2.45. The molecule has 3 rings (SSSR count). The van der Waals surface area contributed by atoms with E-state index in [0.717, 1.165) is 11.5 Å². The molecule has 1 aliphatic heterocycles. The molecule has 0 spiro atoms. The molecule has 1 aromatic carbocycles. The standard InChI is InChI=1S/C17H18FN3O5/c1-17(18)13(26-14(23)10-5-3-2-4-6-10)11(9-22)25-15(17)21-8-7-12(19)20-16(21)24/h2-8,11,13,15,22H,9H2,1H3,(H2,19,20,24)/t11-,13-,15-,17?/m1/s1. The number of ether oxygens (including phenoxy) is 2. The summed E-state index contributed by atoms with van der Waals surface area (Å²) in [5.74, 6) is -0.777. The molecule has 1 fully saturated rings. The first kappa shape index (κ1) is 18.0. The van der Waals surface area contributed by atoms with Crippen molar-refractivity contribution >= 4 is 11.8 Å². The van der Waals surface area contributed by atoms with Crippen LogP contribution in [0.3, 0.4) is 0 Å². The molecule has 4 atom stereocenters. The molecule has 1 saturated heterocycles. The number of nitrogens with zero attached hydrogens (tertiary/aromatic N) is 2. The quantitative estimate of drug-likeness (QED) is 0.767. The second-order valence-electron chi connectivity index (χ2n) is 6.09. The van der Waals surface area contributed by atoms with E-state index in [9.17, 15) is 14.7 Å². The van der Waals surface area contributed by atoms with Crippen LogP contribution in [0.2, 0.25) is 0 Å². The van der Waals surface area contributed by atoms with Gasteiger partial charge in [0.2, 0.25) is 0 Å². The summed E-state index contributed by atoms with van der Waals surface area (Å²) in [4.78, 5) is 27.8. The van der Waals surface area contributed by atoms with Crippen LogP contribution in [0.1, 0.15) is 23.5 Å². The molecule has 0 amide bonds. The highest BCUT2D eigenvalue weighted by Gasteiger charge is 2.58. The predicted octanol–water partition coefficient (Wildman–Crippen LogP) is 0.669. The molecule has 9 heteroatoms. The molecule has 0 saturated carbocycles. The van der Waals surface area contributed by atoms with Crippen molar-refractivity contribution in [1.82, 2.24) is 9.55 Å². The molecule has 26 heavy (non-hydrogen) atoms. The van der Waals surface area contributed by atoms with Crippen LogP contribution in [0.5, 0.6) is 0 Å². The Kier molecular flexibility index (Phi) is 4.75. The van der Waals surface area contributed by atoms with Gasteiger partial charge in [0.25, 0.3) is 0 Å². The van der Waals surface area contributed by atoms with Crippen LogP contribution in [-0.4, -0.2) is 45.1 Å². The van der Waals surface area contributed by atoms with Crippen LogP contribution < -0.4 is 11.4 Å². The average Bonchev–Trinajstić information content (AvgIpc) is 2.86. The first-order valence-corrected chi connectivity index (χ1v) is 7.90. The number of carbonyl (C=O) groups excluding carboxylic acids is 1. The molecular formula is C17H18FN3O5. The Hall–Kier alpha value is -2.78. The summed E-state index contributed by atoms with van der Waals surface area (Å²) in [6.07, 6.45) is -2.76. The molecule has 0 bridgehead atoms. The molecule has 3 N–H and O–H groups in total. The second-order valence-corrected chi connectivity index (χ2v) is 6.09. The topological polar surface area (TPSA) is 117 Å². The predicted molar refractivity (Wildman–Crippen MR) is 89.1 cm³/mol. The van der Waals surface area contributed by atoms with Gasteiger partial charge in [0, 0.05) is 6.20 Å². The molecule has 0 radical (unpaired) electrons. The van der Waals surface area contributed by atoms with E-state index >= 15 is 4.39 Å². The van der Waals surface area contributed by atoms with E-state index in [1.807, 2.05) is 0 Å². The maximum absolute atomic E-state index is 15.5. The maximum Gasteiger partial charge on any atom is 0.351 e. The molecule has 138 valence electrons. The maximum atomic E-state index is 15.5. The Balaban J connectivity index is 1.90. The highest BCUT2D eigenvalue weighted by molar-refractivity contribution is 5.89. The summed E-state index contributed by atoms with van der Waals surface area (Å²) in [5.41, 5.74) is 2.56. The number of esters is 1. The smallest absolute Gasteiger partial charge is 0.351 e. The average molecular weight is 363 g/mol. The van der Waals surface area contributed by atoms with Crippen molar-refractivity contribution < 1.29 is 23.8 Å². The summed E-state index contributed by atoms with van der Waals surface area (Å²) < 4.78 is 27.1. The molecule has 1 aromatic heterocycles. The Bertz CT molecular complexity index is 855. The van der Waals surface area contributed by atoms with Gasteiger partial charge in [-0.2, -0.15) is 4.98 Å². The van der Waals surface area contributed by atoms with E-state index in [1.54, 1.807) is 18.2 Å². The first-order chi connectivity index (χ1) is 12.3. The van der Waals surface area contributed by atoms with Crippen molar-refractivity contribution in [2.45, 2.75) is 31.0 Å². The molecule has 2 aromatic rings.